The fraction of sp³-hybridized carbons (Fsp3) is 0.458. The number of carbonyl (C=O) groups is 5. The van der Waals surface area contributed by atoms with Crippen molar-refractivity contribution in [2.75, 3.05) is 13.2 Å². The molecule has 1 aliphatic rings. The van der Waals surface area contributed by atoms with E-state index in [1.807, 2.05) is 24.3 Å². The van der Waals surface area contributed by atoms with Crippen LogP contribution >= 0.6 is 0 Å². The number of aliphatic hydroxyl groups excluding tert-OH is 1. The van der Waals surface area contributed by atoms with Crippen molar-refractivity contribution in [2.45, 2.75) is 56.3 Å². The number of para-hydroxylation sites is 1. The minimum Gasteiger partial charge on any atom is -0.481 e. The Balaban J connectivity index is 1.73. The van der Waals surface area contributed by atoms with E-state index in [2.05, 4.69) is 15.6 Å². The Hall–Kier alpha value is -3.97. The number of carboxylic acid groups (broad SMARTS) is 2. The van der Waals surface area contributed by atoms with E-state index in [0.717, 1.165) is 10.9 Å². The molecule has 4 atom stereocenters. The van der Waals surface area contributed by atoms with Gasteiger partial charge in [0.1, 0.15) is 24.2 Å². The summed E-state index contributed by atoms with van der Waals surface area (Å²) < 4.78 is 0. The number of rotatable bonds is 12. The van der Waals surface area contributed by atoms with E-state index in [-0.39, 0.29) is 25.8 Å². The van der Waals surface area contributed by atoms with Gasteiger partial charge in [0.25, 0.3) is 0 Å². The standard InChI is InChI=1S/C24H31N5O8/c25-15(12-30)21(33)27-17(7-8-20(31)32)23(35)29-9-3-6-19(29)22(34)28-18(24(36)37)10-13-11-26-16-5-2-1-4-14(13)16/h1-2,4-5,11,15,17-19,26,30H,3,6-10,12,25H2,(H,27,33)(H,28,34)(H,31,32)(H,36,37). The van der Waals surface area contributed by atoms with Crippen LogP contribution in [-0.2, 0) is 30.4 Å². The summed E-state index contributed by atoms with van der Waals surface area (Å²) in [5.41, 5.74) is 7.04. The van der Waals surface area contributed by atoms with Crippen LogP contribution in [0, 0.1) is 0 Å². The molecule has 1 aliphatic heterocycles. The molecule has 0 spiro atoms. The van der Waals surface area contributed by atoms with Gasteiger partial charge in [-0.15, -0.1) is 0 Å². The van der Waals surface area contributed by atoms with Gasteiger partial charge in [-0.3, -0.25) is 19.2 Å². The number of H-pyrrole nitrogens is 1. The normalized spacial score (nSPS) is 17.7. The van der Waals surface area contributed by atoms with Gasteiger partial charge in [-0.1, -0.05) is 18.2 Å². The molecule has 0 saturated carbocycles. The highest BCUT2D eigenvalue weighted by Crippen LogP contribution is 2.22. The van der Waals surface area contributed by atoms with E-state index in [1.165, 1.54) is 4.90 Å². The molecule has 3 rings (SSSR count). The number of aromatic nitrogens is 1. The van der Waals surface area contributed by atoms with Crippen LogP contribution in [0.1, 0.15) is 31.2 Å². The number of nitrogens with zero attached hydrogens (tertiary/aromatic N) is 1. The fourth-order valence-corrected chi connectivity index (χ4v) is 4.38. The van der Waals surface area contributed by atoms with Gasteiger partial charge in [-0.2, -0.15) is 0 Å². The second-order valence-electron chi connectivity index (χ2n) is 8.94. The van der Waals surface area contributed by atoms with E-state index in [9.17, 15) is 29.1 Å². The summed E-state index contributed by atoms with van der Waals surface area (Å²) in [6.07, 6.45) is 1.75. The molecule has 13 nitrogen and oxygen atoms in total. The number of hydrogen-bond acceptors (Lipinski definition) is 7. The highest BCUT2D eigenvalue weighted by Gasteiger charge is 2.39. The molecule has 1 aromatic heterocycles. The molecule has 13 heteroatoms. The maximum Gasteiger partial charge on any atom is 0.326 e. The van der Waals surface area contributed by atoms with Crippen molar-refractivity contribution in [1.29, 1.82) is 0 Å². The number of nitrogens with one attached hydrogen (secondary N) is 3. The quantitative estimate of drug-likeness (QED) is 0.182. The number of nitrogens with two attached hydrogens (primary N) is 1. The van der Waals surface area contributed by atoms with Crippen molar-refractivity contribution < 1.29 is 39.3 Å². The van der Waals surface area contributed by atoms with Gasteiger partial charge in [0.15, 0.2) is 0 Å². The fourth-order valence-electron chi connectivity index (χ4n) is 4.38. The molecule has 2 aromatic rings. The Bertz CT molecular complexity index is 1160. The first kappa shape index (κ1) is 27.6. The lowest BCUT2D eigenvalue weighted by atomic mass is 10.0. The van der Waals surface area contributed by atoms with Crippen LogP contribution < -0.4 is 16.4 Å². The molecular formula is C24H31N5O8. The topological polar surface area (TPSA) is 215 Å². The van der Waals surface area contributed by atoms with Crippen molar-refractivity contribution in [3.63, 3.8) is 0 Å². The zero-order valence-electron chi connectivity index (χ0n) is 20.1. The first-order valence-corrected chi connectivity index (χ1v) is 11.9. The summed E-state index contributed by atoms with van der Waals surface area (Å²) in [5.74, 6) is -4.60. The van der Waals surface area contributed by atoms with Crippen molar-refractivity contribution >= 4 is 40.6 Å². The lowest BCUT2D eigenvalue weighted by Crippen LogP contribution is -2.57. The van der Waals surface area contributed by atoms with Crippen LogP contribution in [0.15, 0.2) is 30.5 Å². The highest BCUT2D eigenvalue weighted by atomic mass is 16.4. The Labute approximate surface area is 212 Å². The molecule has 0 radical (unpaired) electrons. The van der Waals surface area contributed by atoms with Gasteiger partial charge in [-0.25, -0.2) is 4.79 Å². The third kappa shape index (κ3) is 6.83. The number of likely N-dealkylation sites (tertiary alicyclic amines) is 1. The van der Waals surface area contributed by atoms with E-state index in [0.29, 0.717) is 12.0 Å². The maximum atomic E-state index is 13.3. The Morgan fingerprint density at radius 1 is 1.11 bits per heavy atom. The minimum absolute atomic E-state index is 0.0160. The van der Waals surface area contributed by atoms with Gasteiger partial charge in [0.2, 0.25) is 17.7 Å². The summed E-state index contributed by atoms with van der Waals surface area (Å²) in [6.45, 7) is -0.504. The number of benzene rings is 1. The van der Waals surface area contributed by atoms with Crippen molar-refractivity contribution in [2.24, 2.45) is 5.73 Å². The molecular weight excluding hydrogens is 486 g/mol. The molecule has 3 amide bonds. The van der Waals surface area contributed by atoms with Crippen LogP contribution in [-0.4, -0.2) is 92.2 Å². The zero-order valence-corrected chi connectivity index (χ0v) is 20.1. The number of aromatic amines is 1. The summed E-state index contributed by atoms with van der Waals surface area (Å²) in [7, 11) is 0. The number of aliphatic hydroxyl groups is 1. The van der Waals surface area contributed by atoms with Crippen LogP contribution in [0.5, 0.6) is 0 Å². The minimum atomic E-state index is -1.31. The van der Waals surface area contributed by atoms with E-state index in [1.54, 1.807) is 6.20 Å². The lowest BCUT2D eigenvalue weighted by Gasteiger charge is -2.29. The molecule has 200 valence electrons. The van der Waals surface area contributed by atoms with Crippen LogP contribution in [0.2, 0.25) is 0 Å². The van der Waals surface area contributed by atoms with E-state index in [4.69, 9.17) is 15.9 Å². The van der Waals surface area contributed by atoms with Crippen molar-refractivity contribution in [3.05, 3.63) is 36.0 Å². The SMILES string of the molecule is NC(CO)C(=O)NC(CCC(=O)O)C(=O)N1CCCC1C(=O)NC(Cc1c[nH]c2ccccc12)C(=O)O. The average molecular weight is 518 g/mol. The third-order valence-corrected chi connectivity index (χ3v) is 6.35. The maximum absolute atomic E-state index is 13.3. The predicted octanol–water partition coefficient (Wildman–Crippen LogP) is -1.06. The number of carbonyl (C=O) groups excluding carboxylic acids is 3. The summed E-state index contributed by atoms with van der Waals surface area (Å²) >= 11 is 0. The molecule has 2 heterocycles. The predicted molar refractivity (Wildman–Crippen MR) is 130 cm³/mol. The molecule has 37 heavy (non-hydrogen) atoms. The second kappa shape index (κ2) is 12.3. The number of fused-ring (bicyclic) bond motifs is 1. The highest BCUT2D eigenvalue weighted by molar-refractivity contribution is 5.95. The first-order chi connectivity index (χ1) is 17.6. The van der Waals surface area contributed by atoms with Gasteiger partial charge in [-0.05, 0) is 30.9 Å². The number of carboxylic acids is 2. The van der Waals surface area contributed by atoms with E-state index >= 15 is 0 Å². The van der Waals surface area contributed by atoms with Gasteiger partial charge in [0.05, 0.1) is 6.61 Å². The molecule has 1 saturated heterocycles. The zero-order chi connectivity index (χ0) is 27.1. The summed E-state index contributed by atoms with van der Waals surface area (Å²) in [6, 6.07) is 2.52. The third-order valence-electron chi connectivity index (χ3n) is 6.35. The van der Waals surface area contributed by atoms with Crippen LogP contribution in [0.4, 0.5) is 0 Å². The van der Waals surface area contributed by atoms with E-state index < -0.39 is 66.9 Å². The van der Waals surface area contributed by atoms with Crippen LogP contribution in [0.25, 0.3) is 10.9 Å². The lowest BCUT2D eigenvalue weighted by molar-refractivity contribution is -0.145. The Morgan fingerprint density at radius 2 is 1.84 bits per heavy atom. The van der Waals surface area contributed by atoms with Crippen molar-refractivity contribution in [1.82, 2.24) is 20.5 Å². The van der Waals surface area contributed by atoms with Crippen LogP contribution in [0.3, 0.4) is 0 Å². The van der Waals surface area contributed by atoms with Gasteiger partial charge < -0.3 is 41.6 Å². The summed E-state index contributed by atoms with van der Waals surface area (Å²) in [5, 5.41) is 33.6. The second-order valence-corrected chi connectivity index (χ2v) is 8.94. The molecule has 4 unspecified atom stereocenters. The molecule has 0 aliphatic carbocycles. The Kier molecular flexibility index (Phi) is 9.20. The average Bonchev–Trinajstić information content (AvgIpc) is 3.52. The molecule has 0 bridgehead atoms. The number of aliphatic carboxylic acids is 2. The number of hydrogen-bond donors (Lipinski definition) is 7. The molecule has 8 N–H and O–H groups in total. The van der Waals surface area contributed by atoms with Gasteiger partial charge in [0, 0.05) is 36.5 Å². The monoisotopic (exact) mass is 517 g/mol. The first-order valence-electron chi connectivity index (χ1n) is 11.9. The largest absolute Gasteiger partial charge is 0.481 e. The van der Waals surface area contributed by atoms with Gasteiger partial charge >= 0.3 is 11.9 Å². The Morgan fingerprint density at radius 3 is 2.51 bits per heavy atom. The molecule has 1 fully saturated rings. The van der Waals surface area contributed by atoms with Crippen molar-refractivity contribution in [3.8, 4) is 0 Å². The summed E-state index contributed by atoms with van der Waals surface area (Å²) in [4.78, 5) is 65.9. The smallest absolute Gasteiger partial charge is 0.326 e. The molecule has 1 aromatic carbocycles. The number of amides is 3.